The molecule has 0 spiro atoms. The van der Waals surface area contributed by atoms with E-state index in [-0.39, 0.29) is 101 Å². The van der Waals surface area contributed by atoms with Crippen LogP contribution >= 0.6 is 0 Å². The molecule has 2 aromatic carbocycles. The molecule has 10 fully saturated rings. The van der Waals surface area contributed by atoms with Gasteiger partial charge in [-0.1, -0.05) is 85.6 Å². The van der Waals surface area contributed by atoms with E-state index in [1.165, 1.54) is 56.2 Å². The van der Waals surface area contributed by atoms with Crippen molar-refractivity contribution in [1.82, 2.24) is 0 Å². The van der Waals surface area contributed by atoms with Crippen LogP contribution < -0.4 is 15.2 Å². The molecule has 18 unspecified atom stereocenters. The Balaban J connectivity index is 0.643. The normalized spacial score (nSPS) is 41.7. The topological polar surface area (TPSA) is 455 Å². The van der Waals surface area contributed by atoms with Crippen LogP contribution in [0.15, 0.2) is 71.8 Å². The van der Waals surface area contributed by atoms with Gasteiger partial charge in [-0.05, 0) is 191 Å². The molecule has 12 aliphatic rings. The number of Topliss-reactive ketones (excluding diaryl/α,β-unsaturated/α-hetero) is 2. The molecule has 34 atom stereocenters. The monoisotopic (exact) mass is 1770 g/mol. The number of aliphatic hydroxyl groups is 8. The molecule has 700 valence electrons. The number of benzene rings is 2. The van der Waals surface area contributed by atoms with Crippen molar-refractivity contribution >= 4 is 41.6 Å². The highest BCUT2D eigenvalue weighted by atomic mass is 16.8. The van der Waals surface area contributed by atoms with E-state index >= 15 is 0 Å². The minimum absolute atomic E-state index is 0.00877. The molecule has 0 radical (unpaired) electrons. The number of fused-ring (bicyclic) bond motifs is 10. The average Bonchev–Trinajstić information content (AvgIpc) is 1.51. The largest absolute Gasteiger partial charge is 0.508 e. The van der Waals surface area contributed by atoms with Crippen LogP contribution in [0.25, 0.3) is 0 Å². The third kappa shape index (κ3) is 18.2. The molecule has 4 aliphatic heterocycles. The molecular weight excluding hydrogens is 1640 g/mol. The van der Waals surface area contributed by atoms with Crippen LogP contribution in [-0.4, -0.2) is 263 Å². The van der Waals surface area contributed by atoms with Crippen molar-refractivity contribution in [2.75, 3.05) is 40.6 Å². The summed E-state index contributed by atoms with van der Waals surface area (Å²) in [5.74, 6) is -5.00. The summed E-state index contributed by atoms with van der Waals surface area (Å²) in [6.45, 7) is 18.4. The van der Waals surface area contributed by atoms with E-state index in [4.69, 9.17) is 81.5 Å². The Morgan fingerprint density at radius 2 is 0.833 bits per heavy atom. The van der Waals surface area contributed by atoms with Crippen molar-refractivity contribution in [2.24, 2.45) is 81.2 Å². The fraction of sp³-hybridized carbons (Fsp3) is 0.755. The lowest BCUT2D eigenvalue weighted by Crippen LogP contribution is -2.65. The lowest BCUT2D eigenvalue weighted by molar-refractivity contribution is -0.345. The smallest absolute Gasteiger partial charge is 0.497 e. The number of esters is 4. The van der Waals surface area contributed by atoms with Crippen LogP contribution in [0.1, 0.15) is 212 Å². The molecule has 2 aromatic rings. The Hall–Kier alpha value is -6.67. The SMILES string of the molecule is COc1ccc(C(=O)OC2C(OC3C(O)COC(O[C@H]4C[C@H]5[C@@H]6CC=C7C[C@@H](OC(=O)O[C@@H]8CC[C@@]9(N)C(=CC[C@@H]%10C9CC[C@@]9(C)[C@H]%10C[C@H](OC%10OCC(O)C(OC%11OCC(O)C(O)C%11OC(=O)c%11ccc(OC)cc%11)C%10OC(C)=O)[C@]9(O)[C@H](C)C(=O)CCC(C)C)C8)CC[C@]7(C)C6CC[C@]5(C)[C@@]4(O)[C@H](C)C(=O)CCC(C)C)C3OC(C)=O)OCC(O)C2O)cc1. The summed E-state index contributed by atoms with van der Waals surface area (Å²) in [7, 11) is 2.93. The Morgan fingerprint density at radius 3 is 1.25 bits per heavy atom. The molecular formula is C94H133NO31. The highest BCUT2D eigenvalue weighted by Gasteiger charge is 2.73. The van der Waals surface area contributed by atoms with Gasteiger partial charge in [0.1, 0.15) is 95.3 Å². The molecule has 126 heavy (non-hydrogen) atoms. The maximum atomic E-state index is 14.7. The Kier molecular flexibility index (Phi) is 29.0. The maximum Gasteiger partial charge on any atom is 0.508 e. The van der Waals surface area contributed by atoms with Crippen molar-refractivity contribution in [1.29, 1.82) is 0 Å². The highest BCUT2D eigenvalue weighted by Crippen LogP contribution is 2.71. The lowest BCUT2D eigenvalue weighted by Gasteiger charge is -2.59. The third-order valence-corrected chi connectivity index (χ3v) is 31.6. The van der Waals surface area contributed by atoms with E-state index in [1.807, 2.05) is 34.6 Å². The van der Waals surface area contributed by atoms with Crippen LogP contribution in [0.3, 0.4) is 0 Å². The number of aliphatic hydroxyl groups excluding tert-OH is 6. The predicted molar refractivity (Wildman–Crippen MR) is 445 cm³/mol. The molecule has 4 heterocycles. The van der Waals surface area contributed by atoms with E-state index in [1.54, 1.807) is 26.0 Å². The first-order valence-electron chi connectivity index (χ1n) is 45.5. The molecule has 0 bridgehead atoms. The number of rotatable bonds is 28. The van der Waals surface area contributed by atoms with Crippen LogP contribution in [0, 0.1) is 75.4 Å². The summed E-state index contributed by atoms with van der Waals surface area (Å²) in [6, 6.07) is 11.9. The number of ether oxygens (including phenoxy) is 16. The van der Waals surface area contributed by atoms with Crippen LogP contribution in [-0.2, 0) is 85.5 Å². The fourth-order valence-electron chi connectivity index (χ4n) is 24.4. The van der Waals surface area contributed by atoms with Gasteiger partial charge in [-0.25, -0.2) is 14.4 Å². The third-order valence-electron chi connectivity index (χ3n) is 31.6. The zero-order chi connectivity index (χ0) is 90.8. The highest BCUT2D eigenvalue weighted by molar-refractivity contribution is 5.90. The number of carbonyl (C=O) groups is 7. The van der Waals surface area contributed by atoms with Gasteiger partial charge in [0.2, 0.25) is 0 Å². The molecule has 4 saturated heterocycles. The first kappa shape index (κ1) is 95.4. The summed E-state index contributed by atoms with van der Waals surface area (Å²) in [5.41, 5.74) is 3.34. The first-order valence-corrected chi connectivity index (χ1v) is 45.5. The van der Waals surface area contributed by atoms with Gasteiger partial charge in [-0.2, -0.15) is 0 Å². The number of ketones is 2. The van der Waals surface area contributed by atoms with Gasteiger partial charge in [0.25, 0.3) is 0 Å². The first-order chi connectivity index (χ1) is 59.7. The summed E-state index contributed by atoms with van der Waals surface area (Å²) in [6.07, 6.45) is -16.6. The summed E-state index contributed by atoms with van der Waals surface area (Å²) < 4.78 is 97.4. The summed E-state index contributed by atoms with van der Waals surface area (Å²) >= 11 is 0. The van der Waals surface area contributed by atoms with Gasteiger partial charge in [0.15, 0.2) is 49.6 Å². The van der Waals surface area contributed by atoms with Crippen LogP contribution in [0.4, 0.5) is 4.79 Å². The predicted octanol–water partition coefficient (Wildman–Crippen LogP) is 7.92. The van der Waals surface area contributed by atoms with Gasteiger partial charge >= 0.3 is 30.0 Å². The number of allylic oxidation sites excluding steroid dienone is 2. The molecule has 0 aromatic heterocycles. The van der Waals surface area contributed by atoms with E-state index < -0.39 is 219 Å². The lowest BCUT2D eigenvalue weighted by atomic mass is 9.46. The average molecular weight is 1770 g/mol. The number of carbonyl (C=O) groups excluding carboxylic acids is 7. The van der Waals surface area contributed by atoms with Gasteiger partial charge in [0.05, 0.1) is 64.0 Å². The summed E-state index contributed by atoms with van der Waals surface area (Å²) in [5, 5.41) is 95.5. The van der Waals surface area contributed by atoms with E-state index in [2.05, 4.69) is 26.0 Å². The zero-order valence-electron chi connectivity index (χ0n) is 74.7. The van der Waals surface area contributed by atoms with Crippen molar-refractivity contribution < 1.29 is 150 Å². The second kappa shape index (κ2) is 38.3. The number of nitrogens with two attached hydrogens (primary N) is 1. The Bertz CT molecular complexity index is 4010. The maximum absolute atomic E-state index is 14.7. The zero-order valence-corrected chi connectivity index (χ0v) is 74.7. The van der Waals surface area contributed by atoms with Crippen molar-refractivity contribution in [2.45, 2.75) is 331 Å². The standard InChI is InChI=1S/C94H133NO31/c1-46(2)14-28-66(98)48(5)93(109)72(121-86-80(117-50(7)96)76(70(102)44-115-86)125-84-78(74(104)68(100)42-113-84)123-82(106)52-16-22-56(111-12)23-17-52)40-64-60-26-20-54-38-58(30-34-89(54,9)62(60)32-35-90(64,93)10)119-88(108)120-59-31-37-92(95)55(39-59)21-27-61-63(92)33-36-91(11)65(61)41-73(94(91,110)49(6)67(99)29-15-47(3)4)122-87-81(118-51(8)97)77(71(103)45-116-87)126-85-79(75(105)69(101)43-114-85)124-83(107)53-18-24-57(112-13)25-19-53/h16-25,46-49,58-65,68-81,84-87,100-105,109-110H,14-15,26-45,95H2,1-13H3/t48-,49-,58+,59-,60-,61-,62?,63?,64+,65+,68?,69?,70?,71?,72+,73+,74?,75?,76?,77?,78?,79?,80?,81?,84?,85?,86?,87?,89+,90+,91+,92-,93-,94-/m1/s1. The van der Waals surface area contributed by atoms with E-state index in [9.17, 15) is 74.4 Å². The molecule has 14 rings (SSSR count). The van der Waals surface area contributed by atoms with Gasteiger partial charge < -0.3 is 122 Å². The molecule has 32 heteroatoms. The molecule has 8 aliphatic carbocycles. The van der Waals surface area contributed by atoms with Gasteiger partial charge in [-0.15, -0.1) is 0 Å². The minimum Gasteiger partial charge on any atom is -0.497 e. The molecule has 10 N–H and O–H groups in total. The van der Waals surface area contributed by atoms with Gasteiger partial charge in [0, 0.05) is 67.7 Å². The molecule has 32 nitrogen and oxygen atoms in total. The van der Waals surface area contributed by atoms with Crippen molar-refractivity contribution in [3.05, 3.63) is 83.0 Å². The number of methoxy groups -OCH3 is 2. The molecule has 6 saturated carbocycles. The van der Waals surface area contributed by atoms with E-state index in [0.717, 1.165) is 19.4 Å². The fourth-order valence-corrected chi connectivity index (χ4v) is 24.4. The quantitative estimate of drug-likeness (QED) is 0.0222. The number of hydrogen-bond acceptors (Lipinski definition) is 32. The summed E-state index contributed by atoms with van der Waals surface area (Å²) in [4.78, 5) is 97.2. The van der Waals surface area contributed by atoms with Crippen molar-refractivity contribution in [3.8, 4) is 11.5 Å². The minimum atomic E-state index is -1.85. The second-order valence-corrected chi connectivity index (χ2v) is 39.5. The van der Waals surface area contributed by atoms with Gasteiger partial charge in [-0.3, -0.25) is 19.2 Å². The van der Waals surface area contributed by atoms with E-state index in [0.29, 0.717) is 101 Å². The Morgan fingerprint density at radius 1 is 0.452 bits per heavy atom. The van der Waals surface area contributed by atoms with Crippen LogP contribution in [0.2, 0.25) is 0 Å². The number of hydrogen-bond donors (Lipinski definition) is 9. The van der Waals surface area contributed by atoms with Crippen molar-refractivity contribution in [3.63, 3.8) is 0 Å². The molecule has 0 amide bonds. The van der Waals surface area contributed by atoms with Crippen LogP contribution in [0.5, 0.6) is 11.5 Å². The second-order valence-electron chi connectivity index (χ2n) is 39.5. The Labute approximate surface area is 736 Å².